The first kappa shape index (κ1) is 12.8. The van der Waals surface area contributed by atoms with Crippen LogP contribution in [0, 0.1) is 0 Å². The lowest BCUT2D eigenvalue weighted by Crippen LogP contribution is -2.26. The third-order valence-corrected chi connectivity index (χ3v) is 3.83. The first-order chi connectivity index (χ1) is 10.8. The Hall–Kier alpha value is -2.88. The zero-order valence-corrected chi connectivity index (χ0v) is 11.9. The molecule has 0 spiro atoms. The average molecular weight is 290 g/mol. The molecule has 4 heteroatoms. The monoisotopic (exact) mass is 290 g/mol. The van der Waals surface area contributed by atoms with Crippen LogP contribution in [-0.2, 0) is 11.2 Å². The Labute approximate surface area is 127 Å². The van der Waals surface area contributed by atoms with Crippen molar-refractivity contribution in [3.63, 3.8) is 0 Å². The summed E-state index contributed by atoms with van der Waals surface area (Å²) >= 11 is 0. The van der Waals surface area contributed by atoms with Gasteiger partial charge in [0, 0.05) is 24.4 Å². The minimum atomic E-state index is -0.0489. The molecule has 4 rings (SSSR count). The summed E-state index contributed by atoms with van der Waals surface area (Å²) < 4.78 is 5.58. The molecule has 0 aliphatic carbocycles. The standard InChI is InChI=1S/C18H14N2O2/c21-18(20-12-11-13-5-1-3-7-15(13)20)10-9-17-19-14-6-2-4-8-16(14)22-17/h1-10H,11-12H2/b10-9+. The van der Waals surface area contributed by atoms with E-state index in [-0.39, 0.29) is 5.91 Å². The van der Waals surface area contributed by atoms with Crippen molar-refractivity contribution in [3.8, 4) is 0 Å². The van der Waals surface area contributed by atoms with Gasteiger partial charge >= 0.3 is 0 Å². The Morgan fingerprint density at radius 3 is 2.86 bits per heavy atom. The SMILES string of the molecule is O=C(/C=C/c1nc2ccccc2o1)N1CCc2ccccc21. The number of para-hydroxylation sites is 3. The summed E-state index contributed by atoms with van der Waals surface area (Å²) in [4.78, 5) is 18.5. The van der Waals surface area contributed by atoms with E-state index in [1.807, 2.05) is 42.5 Å². The number of hydrogen-bond donors (Lipinski definition) is 0. The number of carbonyl (C=O) groups excluding carboxylic acids is 1. The van der Waals surface area contributed by atoms with Gasteiger partial charge in [-0.15, -0.1) is 0 Å². The van der Waals surface area contributed by atoms with Crippen LogP contribution < -0.4 is 4.90 Å². The van der Waals surface area contributed by atoms with Crippen LogP contribution in [0.1, 0.15) is 11.5 Å². The van der Waals surface area contributed by atoms with Crippen molar-refractivity contribution in [2.45, 2.75) is 6.42 Å². The molecule has 1 amide bonds. The minimum absolute atomic E-state index is 0.0489. The number of hydrogen-bond acceptors (Lipinski definition) is 3. The fourth-order valence-corrected chi connectivity index (χ4v) is 2.76. The maximum absolute atomic E-state index is 12.4. The molecule has 4 nitrogen and oxygen atoms in total. The second-order valence-electron chi connectivity index (χ2n) is 5.22. The van der Waals surface area contributed by atoms with Crippen molar-refractivity contribution < 1.29 is 9.21 Å². The van der Waals surface area contributed by atoms with E-state index in [0.717, 1.165) is 29.8 Å². The molecule has 0 radical (unpaired) electrons. The Morgan fingerprint density at radius 1 is 1.14 bits per heavy atom. The summed E-state index contributed by atoms with van der Waals surface area (Å²) in [7, 11) is 0. The molecule has 0 saturated carbocycles. The van der Waals surface area contributed by atoms with Gasteiger partial charge in [0.15, 0.2) is 5.58 Å². The smallest absolute Gasteiger partial charge is 0.251 e. The van der Waals surface area contributed by atoms with E-state index in [1.54, 1.807) is 11.0 Å². The lowest BCUT2D eigenvalue weighted by atomic mass is 10.2. The molecule has 0 saturated heterocycles. The fourth-order valence-electron chi connectivity index (χ4n) is 2.76. The molecule has 1 aliphatic heterocycles. The number of rotatable bonds is 2. The molecule has 108 valence electrons. The third-order valence-electron chi connectivity index (χ3n) is 3.83. The highest BCUT2D eigenvalue weighted by molar-refractivity contribution is 6.04. The van der Waals surface area contributed by atoms with Crippen LogP contribution in [0.5, 0.6) is 0 Å². The zero-order chi connectivity index (χ0) is 14.9. The summed E-state index contributed by atoms with van der Waals surface area (Å²) in [5.41, 5.74) is 3.73. The molecule has 2 heterocycles. The number of oxazole rings is 1. The van der Waals surface area contributed by atoms with Gasteiger partial charge in [-0.05, 0) is 30.2 Å². The third kappa shape index (κ3) is 2.19. The summed E-state index contributed by atoms with van der Waals surface area (Å²) in [5, 5.41) is 0. The Balaban J connectivity index is 1.57. The molecule has 0 atom stereocenters. The van der Waals surface area contributed by atoms with Crippen molar-refractivity contribution in [3.05, 3.63) is 66.1 Å². The van der Waals surface area contributed by atoms with Crippen molar-refractivity contribution in [2.75, 3.05) is 11.4 Å². The summed E-state index contributed by atoms with van der Waals surface area (Å²) in [6, 6.07) is 15.5. The Bertz CT molecular complexity index is 846. The van der Waals surface area contributed by atoms with Crippen LogP contribution >= 0.6 is 0 Å². The molecule has 0 bridgehead atoms. The van der Waals surface area contributed by atoms with Gasteiger partial charge in [-0.2, -0.15) is 0 Å². The van der Waals surface area contributed by atoms with Crippen molar-refractivity contribution in [1.82, 2.24) is 4.98 Å². The van der Waals surface area contributed by atoms with Crippen LogP contribution in [0.25, 0.3) is 17.2 Å². The maximum Gasteiger partial charge on any atom is 0.251 e. The number of amides is 1. The molecule has 0 N–H and O–H groups in total. The van der Waals surface area contributed by atoms with Gasteiger partial charge in [-0.1, -0.05) is 30.3 Å². The minimum Gasteiger partial charge on any atom is -0.437 e. The van der Waals surface area contributed by atoms with Gasteiger partial charge in [-0.25, -0.2) is 4.98 Å². The maximum atomic E-state index is 12.4. The van der Waals surface area contributed by atoms with E-state index in [0.29, 0.717) is 5.89 Å². The van der Waals surface area contributed by atoms with Gasteiger partial charge in [0.2, 0.25) is 5.89 Å². The molecule has 1 aromatic heterocycles. The second kappa shape index (κ2) is 5.15. The number of anilines is 1. The largest absolute Gasteiger partial charge is 0.437 e. The topological polar surface area (TPSA) is 46.3 Å². The van der Waals surface area contributed by atoms with E-state index in [9.17, 15) is 4.79 Å². The number of fused-ring (bicyclic) bond motifs is 2. The molecule has 22 heavy (non-hydrogen) atoms. The van der Waals surface area contributed by atoms with E-state index >= 15 is 0 Å². The van der Waals surface area contributed by atoms with Gasteiger partial charge in [-0.3, -0.25) is 4.79 Å². The number of aromatic nitrogens is 1. The van der Waals surface area contributed by atoms with E-state index < -0.39 is 0 Å². The Kier molecular flexibility index (Phi) is 3.00. The quantitative estimate of drug-likeness (QED) is 0.679. The van der Waals surface area contributed by atoms with Gasteiger partial charge in [0.1, 0.15) is 5.52 Å². The van der Waals surface area contributed by atoms with E-state index in [2.05, 4.69) is 11.1 Å². The summed E-state index contributed by atoms with van der Waals surface area (Å²) in [5.74, 6) is 0.397. The molecule has 2 aromatic carbocycles. The number of nitrogens with zero attached hydrogens (tertiary/aromatic N) is 2. The first-order valence-electron chi connectivity index (χ1n) is 7.24. The van der Waals surface area contributed by atoms with Crippen LogP contribution in [-0.4, -0.2) is 17.4 Å². The normalized spacial score (nSPS) is 13.9. The van der Waals surface area contributed by atoms with Crippen molar-refractivity contribution >= 4 is 28.8 Å². The lowest BCUT2D eigenvalue weighted by Gasteiger charge is -2.14. The highest BCUT2D eigenvalue weighted by Crippen LogP contribution is 2.27. The predicted octanol–water partition coefficient (Wildman–Crippen LogP) is 3.43. The average Bonchev–Trinajstić information content (AvgIpc) is 3.16. The highest BCUT2D eigenvalue weighted by atomic mass is 16.3. The molecular formula is C18H14N2O2. The molecule has 3 aromatic rings. The predicted molar refractivity (Wildman–Crippen MR) is 85.5 cm³/mol. The highest BCUT2D eigenvalue weighted by Gasteiger charge is 2.22. The lowest BCUT2D eigenvalue weighted by molar-refractivity contribution is -0.114. The Morgan fingerprint density at radius 2 is 1.95 bits per heavy atom. The number of carbonyl (C=O) groups is 1. The second-order valence-corrected chi connectivity index (χ2v) is 5.22. The van der Waals surface area contributed by atoms with Gasteiger partial charge in [0.25, 0.3) is 5.91 Å². The summed E-state index contributed by atoms with van der Waals surface area (Å²) in [6.45, 7) is 0.718. The van der Waals surface area contributed by atoms with Crippen LogP contribution in [0.15, 0.2) is 59.0 Å². The van der Waals surface area contributed by atoms with E-state index in [4.69, 9.17) is 4.42 Å². The number of benzene rings is 2. The first-order valence-corrected chi connectivity index (χ1v) is 7.24. The molecule has 0 unspecified atom stereocenters. The molecular weight excluding hydrogens is 276 g/mol. The zero-order valence-electron chi connectivity index (χ0n) is 11.9. The molecule has 1 aliphatic rings. The van der Waals surface area contributed by atoms with Crippen LogP contribution in [0.2, 0.25) is 0 Å². The molecule has 0 fully saturated rings. The fraction of sp³-hybridized carbons (Fsp3) is 0.111. The van der Waals surface area contributed by atoms with E-state index in [1.165, 1.54) is 11.6 Å². The van der Waals surface area contributed by atoms with Crippen molar-refractivity contribution in [2.24, 2.45) is 0 Å². The van der Waals surface area contributed by atoms with Crippen LogP contribution in [0.4, 0.5) is 5.69 Å². The van der Waals surface area contributed by atoms with Gasteiger partial charge < -0.3 is 9.32 Å². The van der Waals surface area contributed by atoms with Gasteiger partial charge in [0.05, 0.1) is 0 Å². The summed E-state index contributed by atoms with van der Waals surface area (Å²) in [6.07, 6.45) is 4.05. The van der Waals surface area contributed by atoms with Crippen molar-refractivity contribution in [1.29, 1.82) is 0 Å². The van der Waals surface area contributed by atoms with Crippen LogP contribution in [0.3, 0.4) is 0 Å².